The van der Waals surface area contributed by atoms with E-state index in [4.69, 9.17) is 10.00 Å². The topological polar surface area (TPSA) is 63.0 Å². The van der Waals surface area contributed by atoms with Crippen LogP contribution in [0.2, 0.25) is 0 Å². The number of hydrogen-bond acceptors (Lipinski definition) is 5. The van der Waals surface area contributed by atoms with Gasteiger partial charge in [-0.05, 0) is 43.3 Å². The van der Waals surface area contributed by atoms with Crippen molar-refractivity contribution in [3.63, 3.8) is 0 Å². The molecule has 0 saturated heterocycles. The molecule has 0 aliphatic carbocycles. The van der Waals surface area contributed by atoms with Crippen molar-refractivity contribution >= 4 is 17.5 Å². The Balaban J connectivity index is 1.96. The Morgan fingerprint density at radius 1 is 1.33 bits per heavy atom. The fourth-order valence-electron chi connectivity index (χ4n) is 1.68. The molecule has 0 fully saturated rings. The van der Waals surface area contributed by atoms with Crippen molar-refractivity contribution in [1.82, 2.24) is 4.98 Å². The van der Waals surface area contributed by atoms with Crippen LogP contribution in [0, 0.1) is 11.3 Å². The highest BCUT2D eigenvalue weighted by molar-refractivity contribution is 7.99. The molecule has 1 heterocycles. The van der Waals surface area contributed by atoms with Gasteiger partial charge in [0.15, 0.2) is 5.78 Å². The maximum Gasteiger partial charge on any atom is 0.173 e. The second-order valence-corrected chi connectivity index (χ2v) is 5.16. The molecule has 4 nitrogen and oxygen atoms in total. The van der Waals surface area contributed by atoms with Gasteiger partial charge in [-0.15, -0.1) is 0 Å². The standard InChI is InChI=1S/C16H14N2O2S/c1-2-20-14-5-3-13(4-6-14)15(19)11-21-16-9-12(10-17)7-8-18-16/h3-9H,2,11H2,1H3. The van der Waals surface area contributed by atoms with Gasteiger partial charge in [-0.2, -0.15) is 5.26 Å². The van der Waals surface area contributed by atoms with Crippen molar-refractivity contribution < 1.29 is 9.53 Å². The number of nitriles is 1. The molecule has 0 N–H and O–H groups in total. The molecule has 0 bridgehead atoms. The number of carbonyl (C=O) groups is 1. The molecule has 0 aliphatic heterocycles. The molecule has 0 aliphatic rings. The van der Waals surface area contributed by atoms with Crippen LogP contribution in [0.5, 0.6) is 5.75 Å². The van der Waals surface area contributed by atoms with Gasteiger partial charge in [0.05, 0.1) is 29.0 Å². The molecule has 5 heteroatoms. The number of ketones is 1. The number of thioether (sulfide) groups is 1. The van der Waals surface area contributed by atoms with Gasteiger partial charge in [0.1, 0.15) is 5.75 Å². The van der Waals surface area contributed by atoms with Crippen LogP contribution in [0.4, 0.5) is 0 Å². The van der Waals surface area contributed by atoms with Gasteiger partial charge < -0.3 is 4.74 Å². The third-order valence-corrected chi connectivity index (χ3v) is 3.63. The van der Waals surface area contributed by atoms with Crippen molar-refractivity contribution in [1.29, 1.82) is 5.26 Å². The summed E-state index contributed by atoms with van der Waals surface area (Å²) in [5.41, 5.74) is 1.18. The monoisotopic (exact) mass is 298 g/mol. The zero-order valence-electron chi connectivity index (χ0n) is 11.6. The highest BCUT2D eigenvalue weighted by atomic mass is 32.2. The maximum atomic E-state index is 12.1. The van der Waals surface area contributed by atoms with Crippen LogP contribution in [0.15, 0.2) is 47.6 Å². The fourth-order valence-corrected chi connectivity index (χ4v) is 2.48. The molecule has 2 aromatic rings. The van der Waals surface area contributed by atoms with Crippen molar-refractivity contribution in [2.24, 2.45) is 0 Å². The lowest BCUT2D eigenvalue weighted by Crippen LogP contribution is -2.02. The Hall–Kier alpha value is -2.32. The summed E-state index contributed by atoms with van der Waals surface area (Å²) in [6.45, 7) is 2.52. The molecule has 0 radical (unpaired) electrons. The Morgan fingerprint density at radius 2 is 2.10 bits per heavy atom. The molecule has 0 saturated carbocycles. The Bertz CT molecular complexity index is 663. The SMILES string of the molecule is CCOc1ccc(C(=O)CSc2cc(C#N)ccn2)cc1. The van der Waals surface area contributed by atoms with Crippen LogP contribution >= 0.6 is 11.8 Å². The van der Waals surface area contributed by atoms with Crippen LogP contribution in [-0.2, 0) is 0 Å². The molecule has 0 unspecified atom stereocenters. The lowest BCUT2D eigenvalue weighted by atomic mass is 10.1. The highest BCUT2D eigenvalue weighted by Crippen LogP contribution is 2.19. The van der Waals surface area contributed by atoms with Gasteiger partial charge in [0.2, 0.25) is 0 Å². The minimum Gasteiger partial charge on any atom is -0.494 e. The number of hydrogen-bond donors (Lipinski definition) is 0. The van der Waals surface area contributed by atoms with Gasteiger partial charge in [0.25, 0.3) is 0 Å². The summed E-state index contributed by atoms with van der Waals surface area (Å²) in [5, 5.41) is 9.50. The van der Waals surface area contributed by atoms with Crippen molar-refractivity contribution in [3.05, 3.63) is 53.7 Å². The van der Waals surface area contributed by atoms with Crippen molar-refractivity contribution in [2.45, 2.75) is 11.9 Å². The molecule has 0 amide bonds. The molecular weight excluding hydrogens is 284 g/mol. The van der Waals surface area contributed by atoms with Gasteiger partial charge in [-0.3, -0.25) is 4.79 Å². The van der Waals surface area contributed by atoms with Crippen LogP contribution in [0.1, 0.15) is 22.8 Å². The zero-order valence-corrected chi connectivity index (χ0v) is 12.4. The summed E-state index contributed by atoms with van der Waals surface area (Å²) in [5.74, 6) is 1.06. The highest BCUT2D eigenvalue weighted by Gasteiger charge is 2.08. The Kier molecular flexibility index (Phi) is 5.35. The van der Waals surface area contributed by atoms with Gasteiger partial charge in [0, 0.05) is 11.8 Å². The van der Waals surface area contributed by atoms with Crippen molar-refractivity contribution in [3.8, 4) is 11.8 Å². The predicted molar refractivity (Wildman–Crippen MR) is 81.6 cm³/mol. The van der Waals surface area contributed by atoms with E-state index in [2.05, 4.69) is 11.1 Å². The number of benzene rings is 1. The third-order valence-electron chi connectivity index (χ3n) is 2.70. The summed E-state index contributed by atoms with van der Waals surface area (Å²) >= 11 is 1.32. The fraction of sp³-hybridized carbons (Fsp3) is 0.188. The average molecular weight is 298 g/mol. The maximum absolute atomic E-state index is 12.1. The summed E-state index contributed by atoms with van der Waals surface area (Å²) in [6.07, 6.45) is 1.57. The van der Waals surface area contributed by atoms with E-state index in [1.54, 1.807) is 42.6 Å². The summed E-state index contributed by atoms with van der Waals surface area (Å²) < 4.78 is 5.34. The second kappa shape index (κ2) is 7.46. The molecule has 106 valence electrons. The number of carbonyl (C=O) groups excluding carboxylic acids is 1. The van der Waals surface area contributed by atoms with E-state index in [0.29, 0.717) is 22.8 Å². The number of ether oxygens (including phenoxy) is 1. The first kappa shape index (κ1) is 15.1. The number of Topliss-reactive ketones (excluding diaryl/α,β-unsaturated/α-hetero) is 1. The quantitative estimate of drug-likeness (QED) is 0.604. The molecule has 21 heavy (non-hydrogen) atoms. The Labute approximate surface area is 127 Å². The minimum atomic E-state index is 0.0206. The Morgan fingerprint density at radius 3 is 2.76 bits per heavy atom. The molecule has 0 spiro atoms. The molecule has 2 rings (SSSR count). The van der Waals surface area contributed by atoms with Crippen LogP contribution in [-0.4, -0.2) is 23.1 Å². The molecule has 0 atom stereocenters. The van der Waals surface area contributed by atoms with Crippen molar-refractivity contribution in [2.75, 3.05) is 12.4 Å². The lowest BCUT2D eigenvalue weighted by Gasteiger charge is -2.04. The summed E-state index contributed by atoms with van der Waals surface area (Å²) in [4.78, 5) is 16.2. The molecular formula is C16H14N2O2S. The van der Waals surface area contributed by atoms with Gasteiger partial charge in [-0.25, -0.2) is 4.98 Å². The van der Waals surface area contributed by atoms with E-state index in [1.165, 1.54) is 11.8 Å². The molecule has 1 aromatic carbocycles. The smallest absolute Gasteiger partial charge is 0.173 e. The lowest BCUT2D eigenvalue weighted by molar-refractivity contribution is 0.102. The van der Waals surface area contributed by atoms with Crippen LogP contribution in [0.3, 0.4) is 0 Å². The number of rotatable bonds is 6. The normalized spacial score (nSPS) is 9.90. The first-order valence-corrected chi connectivity index (χ1v) is 7.46. The number of aromatic nitrogens is 1. The van der Waals surface area contributed by atoms with Crippen LogP contribution in [0.25, 0.3) is 0 Å². The number of nitrogens with zero attached hydrogens (tertiary/aromatic N) is 2. The van der Waals surface area contributed by atoms with E-state index in [0.717, 1.165) is 5.75 Å². The van der Waals surface area contributed by atoms with E-state index in [9.17, 15) is 4.79 Å². The zero-order chi connectivity index (χ0) is 15.1. The summed E-state index contributed by atoms with van der Waals surface area (Å²) in [7, 11) is 0. The minimum absolute atomic E-state index is 0.0206. The number of pyridine rings is 1. The van der Waals surface area contributed by atoms with Gasteiger partial charge in [-0.1, -0.05) is 11.8 Å². The summed E-state index contributed by atoms with van der Waals surface area (Å²) in [6, 6.07) is 12.5. The second-order valence-electron chi connectivity index (χ2n) is 4.16. The predicted octanol–water partition coefficient (Wildman–Crippen LogP) is 3.33. The van der Waals surface area contributed by atoms with E-state index in [-0.39, 0.29) is 11.5 Å². The van der Waals surface area contributed by atoms with E-state index in [1.807, 2.05) is 6.92 Å². The third kappa shape index (κ3) is 4.33. The van der Waals surface area contributed by atoms with Crippen LogP contribution < -0.4 is 4.74 Å². The first-order valence-electron chi connectivity index (χ1n) is 6.48. The largest absolute Gasteiger partial charge is 0.494 e. The van der Waals surface area contributed by atoms with Gasteiger partial charge >= 0.3 is 0 Å². The first-order chi connectivity index (χ1) is 10.2. The average Bonchev–Trinajstić information content (AvgIpc) is 2.54. The van der Waals surface area contributed by atoms with E-state index >= 15 is 0 Å². The molecule has 1 aromatic heterocycles. The van der Waals surface area contributed by atoms with E-state index < -0.39 is 0 Å².